The van der Waals surface area contributed by atoms with Crippen molar-refractivity contribution < 1.29 is 4.79 Å². The summed E-state index contributed by atoms with van der Waals surface area (Å²) in [5.74, 6) is -0.237. The Kier molecular flexibility index (Phi) is 5.27. The minimum atomic E-state index is -0.237. The van der Waals surface area contributed by atoms with Crippen LogP contribution in [0.5, 0.6) is 0 Å². The predicted octanol–water partition coefficient (Wildman–Crippen LogP) is 7.08. The van der Waals surface area contributed by atoms with Gasteiger partial charge in [-0.1, -0.05) is 71.2 Å². The van der Waals surface area contributed by atoms with Gasteiger partial charge in [-0.25, -0.2) is 4.98 Å². The molecular formula is C24H18Cl2N2O. The first-order valence-electron chi connectivity index (χ1n) is 9.17. The van der Waals surface area contributed by atoms with Crippen molar-refractivity contribution >= 4 is 45.7 Å². The van der Waals surface area contributed by atoms with E-state index >= 15 is 0 Å². The van der Waals surface area contributed by atoms with Crippen molar-refractivity contribution in [3.8, 4) is 11.3 Å². The van der Waals surface area contributed by atoms with Crippen LogP contribution in [-0.4, -0.2) is 10.9 Å². The number of amides is 1. The number of anilines is 1. The number of benzene rings is 3. The lowest BCUT2D eigenvalue weighted by Gasteiger charge is -2.15. The molecule has 0 aliphatic rings. The average Bonchev–Trinajstić information content (AvgIpc) is 2.70. The van der Waals surface area contributed by atoms with Gasteiger partial charge in [0, 0.05) is 16.0 Å². The molecule has 0 saturated carbocycles. The predicted molar refractivity (Wildman–Crippen MR) is 121 cm³/mol. The van der Waals surface area contributed by atoms with Crippen LogP contribution in [0.25, 0.3) is 22.2 Å². The molecule has 29 heavy (non-hydrogen) atoms. The van der Waals surface area contributed by atoms with Gasteiger partial charge in [-0.3, -0.25) is 4.79 Å². The van der Waals surface area contributed by atoms with Crippen molar-refractivity contribution in [3.05, 3.63) is 93.5 Å². The second-order valence-corrected chi connectivity index (χ2v) is 7.77. The van der Waals surface area contributed by atoms with Gasteiger partial charge in [0.1, 0.15) is 0 Å². The molecule has 0 radical (unpaired) electrons. The fourth-order valence-corrected chi connectivity index (χ4v) is 3.82. The second-order valence-electron chi connectivity index (χ2n) is 6.92. The van der Waals surface area contributed by atoms with Gasteiger partial charge in [-0.05, 0) is 43.7 Å². The summed E-state index contributed by atoms with van der Waals surface area (Å²) in [7, 11) is 0. The number of hydrogen-bond donors (Lipinski definition) is 1. The van der Waals surface area contributed by atoms with Crippen molar-refractivity contribution in [1.29, 1.82) is 0 Å². The Balaban J connectivity index is 1.87. The first-order chi connectivity index (χ1) is 13.9. The molecule has 0 aliphatic heterocycles. The van der Waals surface area contributed by atoms with Crippen LogP contribution in [0.2, 0.25) is 10.0 Å². The Bertz CT molecular complexity index is 1230. The van der Waals surface area contributed by atoms with Crippen molar-refractivity contribution in [3.63, 3.8) is 0 Å². The van der Waals surface area contributed by atoms with Crippen molar-refractivity contribution in [2.45, 2.75) is 13.8 Å². The molecule has 0 fully saturated rings. The number of nitrogens with zero attached hydrogens (tertiary/aromatic N) is 1. The standard InChI is InChI=1S/C24H18Cl2N2O/c1-14-7-9-16(10-8-14)23-15(2)22(18-5-3-4-6-20(18)27-23)24(29)28-21-12-11-17(25)13-19(21)26/h3-13H,1-2H3,(H,28,29). The van der Waals surface area contributed by atoms with Crippen LogP contribution in [0.15, 0.2) is 66.7 Å². The van der Waals surface area contributed by atoms with E-state index in [0.29, 0.717) is 21.3 Å². The van der Waals surface area contributed by atoms with Gasteiger partial charge in [-0.2, -0.15) is 0 Å². The highest BCUT2D eigenvalue weighted by Gasteiger charge is 2.19. The van der Waals surface area contributed by atoms with E-state index in [2.05, 4.69) is 5.32 Å². The summed E-state index contributed by atoms with van der Waals surface area (Å²) < 4.78 is 0. The van der Waals surface area contributed by atoms with Gasteiger partial charge in [0.15, 0.2) is 0 Å². The molecule has 4 aromatic rings. The minimum Gasteiger partial charge on any atom is -0.321 e. The molecular weight excluding hydrogens is 403 g/mol. The lowest BCUT2D eigenvalue weighted by molar-refractivity contribution is 0.102. The highest BCUT2D eigenvalue weighted by Crippen LogP contribution is 2.32. The fraction of sp³-hybridized carbons (Fsp3) is 0.0833. The topological polar surface area (TPSA) is 42.0 Å². The number of para-hydroxylation sites is 1. The quantitative estimate of drug-likeness (QED) is 0.384. The maximum absolute atomic E-state index is 13.3. The third kappa shape index (κ3) is 3.84. The first-order valence-corrected chi connectivity index (χ1v) is 9.92. The average molecular weight is 421 g/mol. The summed E-state index contributed by atoms with van der Waals surface area (Å²) in [5.41, 5.74) is 5.60. The van der Waals surface area contributed by atoms with E-state index in [-0.39, 0.29) is 5.91 Å². The van der Waals surface area contributed by atoms with Crippen LogP contribution in [0.4, 0.5) is 5.69 Å². The van der Waals surface area contributed by atoms with E-state index in [9.17, 15) is 4.79 Å². The molecule has 5 heteroatoms. The molecule has 1 aromatic heterocycles. The Morgan fingerprint density at radius 3 is 2.38 bits per heavy atom. The zero-order valence-electron chi connectivity index (χ0n) is 16.0. The third-order valence-electron chi connectivity index (χ3n) is 4.87. The number of hydrogen-bond acceptors (Lipinski definition) is 2. The van der Waals surface area contributed by atoms with E-state index in [4.69, 9.17) is 28.2 Å². The van der Waals surface area contributed by atoms with Crippen LogP contribution in [0, 0.1) is 13.8 Å². The zero-order chi connectivity index (χ0) is 20.5. The van der Waals surface area contributed by atoms with Crippen LogP contribution >= 0.6 is 23.2 Å². The van der Waals surface area contributed by atoms with Crippen molar-refractivity contribution in [2.24, 2.45) is 0 Å². The summed E-state index contributed by atoms with van der Waals surface area (Å²) in [6.45, 7) is 3.96. The largest absolute Gasteiger partial charge is 0.321 e. The van der Waals surface area contributed by atoms with Crippen LogP contribution < -0.4 is 5.32 Å². The Morgan fingerprint density at radius 1 is 0.931 bits per heavy atom. The molecule has 0 spiro atoms. The highest BCUT2D eigenvalue weighted by atomic mass is 35.5. The number of fused-ring (bicyclic) bond motifs is 1. The van der Waals surface area contributed by atoms with Crippen molar-refractivity contribution in [1.82, 2.24) is 4.98 Å². The number of carbonyl (C=O) groups excluding carboxylic acids is 1. The summed E-state index contributed by atoms with van der Waals surface area (Å²) in [6.07, 6.45) is 0. The number of aromatic nitrogens is 1. The smallest absolute Gasteiger partial charge is 0.256 e. The van der Waals surface area contributed by atoms with Gasteiger partial charge >= 0.3 is 0 Å². The van der Waals surface area contributed by atoms with Crippen LogP contribution in [-0.2, 0) is 0 Å². The maximum Gasteiger partial charge on any atom is 0.256 e. The molecule has 1 heterocycles. The summed E-state index contributed by atoms with van der Waals surface area (Å²) in [5, 5.41) is 4.62. The molecule has 3 nitrogen and oxygen atoms in total. The SMILES string of the molecule is Cc1ccc(-c2nc3ccccc3c(C(=O)Nc3ccc(Cl)cc3Cl)c2C)cc1. The molecule has 144 valence electrons. The molecule has 4 rings (SSSR count). The number of nitrogens with one attached hydrogen (secondary N) is 1. The molecule has 1 N–H and O–H groups in total. The highest BCUT2D eigenvalue weighted by molar-refractivity contribution is 6.37. The van der Waals surface area contributed by atoms with Gasteiger partial charge in [0.2, 0.25) is 0 Å². The van der Waals surface area contributed by atoms with Crippen LogP contribution in [0.3, 0.4) is 0 Å². The Labute approximate surface area is 179 Å². The summed E-state index contributed by atoms with van der Waals surface area (Å²) in [4.78, 5) is 18.1. The van der Waals surface area contributed by atoms with Gasteiger partial charge < -0.3 is 5.32 Å². The number of rotatable bonds is 3. The Morgan fingerprint density at radius 2 is 1.66 bits per heavy atom. The van der Waals surface area contributed by atoms with E-state index in [0.717, 1.165) is 27.7 Å². The second kappa shape index (κ2) is 7.86. The van der Waals surface area contributed by atoms with E-state index < -0.39 is 0 Å². The number of pyridine rings is 1. The number of aryl methyl sites for hydroxylation is 1. The molecule has 0 atom stereocenters. The van der Waals surface area contributed by atoms with Gasteiger partial charge in [-0.15, -0.1) is 0 Å². The summed E-state index contributed by atoms with van der Waals surface area (Å²) >= 11 is 12.2. The number of halogens is 2. The lowest BCUT2D eigenvalue weighted by atomic mass is 9.96. The van der Waals surface area contributed by atoms with Gasteiger partial charge in [0.05, 0.1) is 27.5 Å². The normalized spacial score (nSPS) is 10.9. The lowest BCUT2D eigenvalue weighted by Crippen LogP contribution is -2.15. The molecule has 3 aromatic carbocycles. The van der Waals surface area contributed by atoms with Crippen molar-refractivity contribution in [2.75, 3.05) is 5.32 Å². The van der Waals surface area contributed by atoms with E-state index in [1.54, 1.807) is 18.2 Å². The zero-order valence-corrected chi connectivity index (χ0v) is 17.5. The van der Waals surface area contributed by atoms with E-state index in [1.807, 2.05) is 62.4 Å². The minimum absolute atomic E-state index is 0.237. The summed E-state index contributed by atoms with van der Waals surface area (Å²) in [6, 6.07) is 20.8. The van der Waals surface area contributed by atoms with Gasteiger partial charge in [0.25, 0.3) is 5.91 Å². The fourth-order valence-electron chi connectivity index (χ4n) is 3.37. The molecule has 0 saturated heterocycles. The third-order valence-corrected chi connectivity index (χ3v) is 5.42. The Hall–Kier alpha value is -2.88. The molecule has 0 aliphatic carbocycles. The van der Waals surface area contributed by atoms with Crippen LogP contribution in [0.1, 0.15) is 21.5 Å². The monoisotopic (exact) mass is 420 g/mol. The molecule has 0 unspecified atom stereocenters. The first kappa shape index (κ1) is 19.4. The van der Waals surface area contributed by atoms with E-state index in [1.165, 1.54) is 5.56 Å². The molecule has 0 bridgehead atoms. The number of carbonyl (C=O) groups is 1. The maximum atomic E-state index is 13.3. The molecule has 1 amide bonds.